The van der Waals surface area contributed by atoms with Crippen molar-refractivity contribution in [3.8, 4) is 0 Å². The van der Waals surface area contributed by atoms with Crippen molar-refractivity contribution < 1.29 is 18.0 Å². The van der Waals surface area contributed by atoms with Gasteiger partial charge in [-0.05, 0) is 45.0 Å². The molecule has 178 valence electrons. The molecule has 2 amide bonds. The first-order valence-corrected chi connectivity index (χ1v) is 11.8. The van der Waals surface area contributed by atoms with E-state index in [0.29, 0.717) is 13.1 Å². The molecule has 3 rings (SSSR count). The molecule has 1 fully saturated rings. The van der Waals surface area contributed by atoms with Gasteiger partial charge in [-0.15, -0.1) is 0 Å². The zero-order chi connectivity index (χ0) is 24.1. The monoisotopic (exact) mass is 478 g/mol. The Morgan fingerprint density at radius 1 is 1.06 bits per heavy atom. The minimum Gasteiger partial charge on any atom is -0.353 e. The third-order valence-corrected chi connectivity index (χ3v) is 6.82. The fourth-order valence-corrected chi connectivity index (χ4v) is 4.49. The van der Waals surface area contributed by atoms with Crippen LogP contribution in [0.4, 0.5) is 0 Å². The van der Waals surface area contributed by atoms with Gasteiger partial charge >= 0.3 is 5.69 Å². The van der Waals surface area contributed by atoms with E-state index in [1.54, 1.807) is 12.1 Å². The number of H-pyrrole nitrogens is 2. The van der Waals surface area contributed by atoms with E-state index in [4.69, 9.17) is 0 Å². The maximum atomic E-state index is 13.0. The van der Waals surface area contributed by atoms with Gasteiger partial charge in [0.25, 0.3) is 11.5 Å². The maximum absolute atomic E-state index is 13.0. The van der Waals surface area contributed by atoms with Gasteiger partial charge in [0.15, 0.2) is 0 Å². The fraction of sp³-hybridized carbons (Fsp3) is 0.400. The number of nitrogens with one attached hydrogen (secondary N) is 6. The van der Waals surface area contributed by atoms with Gasteiger partial charge in [0, 0.05) is 19.3 Å². The van der Waals surface area contributed by atoms with E-state index < -0.39 is 38.6 Å². The van der Waals surface area contributed by atoms with Crippen LogP contribution in [0.2, 0.25) is 0 Å². The molecule has 1 aliphatic heterocycles. The molecule has 0 spiro atoms. The molecule has 1 aliphatic rings. The number of aromatic nitrogens is 2. The van der Waals surface area contributed by atoms with E-state index in [1.807, 2.05) is 11.9 Å². The Hall–Kier alpha value is -3.29. The highest BCUT2D eigenvalue weighted by Gasteiger charge is 2.41. The summed E-state index contributed by atoms with van der Waals surface area (Å²) in [5.74, 6) is -1.29. The van der Waals surface area contributed by atoms with E-state index in [9.17, 15) is 27.6 Å². The summed E-state index contributed by atoms with van der Waals surface area (Å²) in [5.41, 5.74) is -2.31. The second-order valence-corrected chi connectivity index (χ2v) is 9.51. The van der Waals surface area contributed by atoms with Crippen LogP contribution in [-0.4, -0.2) is 61.9 Å². The van der Waals surface area contributed by atoms with Gasteiger partial charge in [0.1, 0.15) is 11.1 Å². The third kappa shape index (κ3) is 5.94. The summed E-state index contributed by atoms with van der Waals surface area (Å²) in [6.45, 7) is 2.70. The topological polar surface area (TPSA) is 182 Å². The molecule has 0 atom stereocenters. The third-order valence-electron chi connectivity index (χ3n) is 5.34. The van der Waals surface area contributed by atoms with Gasteiger partial charge in [-0.25, -0.2) is 17.9 Å². The lowest BCUT2D eigenvalue weighted by Gasteiger charge is -2.36. The van der Waals surface area contributed by atoms with E-state index >= 15 is 0 Å². The van der Waals surface area contributed by atoms with Gasteiger partial charge in [0.05, 0.1) is 4.90 Å². The highest BCUT2D eigenvalue weighted by Crippen LogP contribution is 2.19. The number of amides is 2. The highest BCUT2D eigenvalue weighted by molar-refractivity contribution is 7.89. The molecule has 1 aromatic heterocycles. The van der Waals surface area contributed by atoms with Crippen molar-refractivity contribution in [3.63, 3.8) is 0 Å². The Labute approximate surface area is 189 Å². The van der Waals surface area contributed by atoms with Gasteiger partial charge in [-0.1, -0.05) is 17.7 Å². The first-order chi connectivity index (χ1) is 15.6. The van der Waals surface area contributed by atoms with Crippen LogP contribution in [-0.2, 0) is 14.8 Å². The van der Waals surface area contributed by atoms with Crippen LogP contribution >= 0.6 is 0 Å². The van der Waals surface area contributed by atoms with Crippen LogP contribution in [0.5, 0.6) is 0 Å². The van der Waals surface area contributed by atoms with Crippen LogP contribution in [0.25, 0.3) is 0 Å². The van der Waals surface area contributed by atoms with E-state index in [0.717, 1.165) is 11.8 Å². The lowest BCUT2D eigenvalue weighted by Crippen LogP contribution is -2.63. The molecule has 13 heteroatoms. The first kappa shape index (κ1) is 24.4. The summed E-state index contributed by atoms with van der Waals surface area (Å²) in [6, 6.07) is 6.36. The zero-order valence-electron chi connectivity index (χ0n) is 18.0. The summed E-state index contributed by atoms with van der Waals surface area (Å²) < 4.78 is 27.2. The number of hydrogen-bond acceptors (Lipinski definition) is 7. The molecule has 0 bridgehead atoms. The molecule has 6 N–H and O–H groups in total. The fourth-order valence-electron chi connectivity index (χ4n) is 3.46. The van der Waals surface area contributed by atoms with Crippen LogP contribution in [0.1, 0.15) is 28.8 Å². The number of rotatable bonds is 8. The van der Waals surface area contributed by atoms with E-state index in [2.05, 4.69) is 25.7 Å². The number of aromatic amines is 2. The predicted octanol–water partition coefficient (Wildman–Crippen LogP) is -1.68. The Kier molecular flexibility index (Phi) is 7.46. The molecule has 12 nitrogen and oxygen atoms in total. The average molecular weight is 479 g/mol. The summed E-state index contributed by atoms with van der Waals surface area (Å²) in [5, 5.41) is 8.38. The summed E-state index contributed by atoms with van der Waals surface area (Å²) in [7, 11) is -3.73. The molecule has 1 aromatic carbocycles. The van der Waals surface area contributed by atoms with Crippen LogP contribution in [0.15, 0.2) is 44.9 Å². The molecule has 0 unspecified atom stereocenters. The Bertz CT molecular complexity index is 1230. The number of carbonyl (C=O) groups excluding carboxylic acids is 2. The van der Waals surface area contributed by atoms with Crippen LogP contribution in [0.3, 0.4) is 0 Å². The summed E-state index contributed by atoms with van der Waals surface area (Å²) in [4.78, 5) is 53.1. The molecule has 33 heavy (non-hydrogen) atoms. The van der Waals surface area contributed by atoms with Crippen molar-refractivity contribution >= 4 is 21.8 Å². The molecule has 2 heterocycles. The Morgan fingerprint density at radius 2 is 1.73 bits per heavy atom. The summed E-state index contributed by atoms with van der Waals surface area (Å²) in [6.07, 6.45) is 1.52. The number of benzene rings is 1. The lowest BCUT2D eigenvalue weighted by atomic mass is 9.87. The zero-order valence-corrected chi connectivity index (χ0v) is 18.8. The van der Waals surface area contributed by atoms with E-state index in [1.165, 1.54) is 12.1 Å². The molecule has 1 saturated heterocycles. The van der Waals surface area contributed by atoms with Crippen molar-refractivity contribution in [3.05, 3.63) is 62.4 Å². The molecule has 2 aromatic rings. The maximum Gasteiger partial charge on any atom is 0.325 e. The van der Waals surface area contributed by atoms with Crippen molar-refractivity contribution in [2.45, 2.75) is 30.2 Å². The molecule has 0 aliphatic carbocycles. The number of hydrogen-bond donors (Lipinski definition) is 6. The predicted molar refractivity (Wildman–Crippen MR) is 119 cm³/mol. The average Bonchev–Trinajstić information content (AvgIpc) is 2.77. The number of aryl methyl sites for hydroxylation is 1. The quantitative estimate of drug-likeness (QED) is 0.245. The smallest absolute Gasteiger partial charge is 0.325 e. The van der Waals surface area contributed by atoms with Gasteiger partial charge < -0.3 is 20.9 Å². The van der Waals surface area contributed by atoms with Crippen molar-refractivity contribution in [1.82, 2.24) is 30.6 Å². The standard InChI is InChI=1S/C20H26N6O6S/c1-13-2-4-14(5-3-13)33(31,32)24-11-10-22-18(29)20(6-8-21-9-7-20)26-17(28)15-12-23-19(30)25-16(15)27/h2-5,12,21,24H,6-11H2,1H3,(H,22,29)(H,26,28)(H2,23,25,27,30). The number of carbonyl (C=O) groups is 2. The normalized spacial score (nSPS) is 15.5. The SMILES string of the molecule is Cc1ccc(S(=O)(=O)NCCNC(=O)C2(NC(=O)c3c[nH]c(=O)[nH]c3=O)CCNCC2)cc1. The van der Waals surface area contributed by atoms with Crippen molar-refractivity contribution in [1.29, 1.82) is 0 Å². The van der Waals surface area contributed by atoms with E-state index in [-0.39, 0.29) is 36.4 Å². The van der Waals surface area contributed by atoms with Gasteiger partial charge in [0.2, 0.25) is 15.9 Å². The molecular formula is C20H26N6O6S. The lowest BCUT2D eigenvalue weighted by molar-refractivity contribution is -0.128. The highest BCUT2D eigenvalue weighted by atomic mass is 32.2. The Morgan fingerprint density at radius 3 is 2.36 bits per heavy atom. The molecular weight excluding hydrogens is 452 g/mol. The van der Waals surface area contributed by atoms with Crippen LogP contribution < -0.4 is 31.9 Å². The van der Waals surface area contributed by atoms with Crippen molar-refractivity contribution in [2.24, 2.45) is 0 Å². The second-order valence-electron chi connectivity index (χ2n) is 7.74. The number of piperidine rings is 1. The number of sulfonamides is 1. The minimum atomic E-state index is -3.73. The van der Waals surface area contributed by atoms with Crippen molar-refractivity contribution in [2.75, 3.05) is 26.2 Å². The molecule has 0 radical (unpaired) electrons. The summed E-state index contributed by atoms with van der Waals surface area (Å²) >= 11 is 0. The first-order valence-electron chi connectivity index (χ1n) is 10.3. The van der Waals surface area contributed by atoms with Crippen LogP contribution in [0, 0.1) is 6.92 Å². The minimum absolute atomic E-state index is 0.00574. The molecule has 0 saturated carbocycles. The van der Waals surface area contributed by atoms with Gasteiger partial charge in [-0.3, -0.25) is 19.4 Å². The Balaban J connectivity index is 1.63. The largest absolute Gasteiger partial charge is 0.353 e. The van der Waals surface area contributed by atoms with Gasteiger partial charge in [-0.2, -0.15) is 0 Å². The second kappa shape index (κ2) is 10.1.